The van der Waals surface area contributed by atoms with Crippen LogP contribution in [0.3, 0.4) is 0 Å². The second-order valence-electron chi connectivity index (χ2n) is 3.20. The van der Waals surface area contributed by atoms with E-state index in [1.54, 1.807) is 0 Å². The second kappa shape index (κ2) is 9.72. The van der Waals surface area contributed by atoms with Gasteiger partial charge in [-0.15, -0.1) is 0 Å². The minimum Gasteiger partial charge on any atom is -0.372 e. The van der Waals surface area contributed by atoms with E-state index in [9.17, 15) is 0 Å². The first-order valence-electron chi connectivity index (χ1n) is 6.05. The summed E-state index contributed by atoms with van der Waals surface area (Å²) in [4.78, 5) is 2.33. The molecule has 1 aromatic carbocycles. The highest BCUT2D eigenvalue weighted by Crippen LogP contribution is 2.20. The van der Waals surface area contributed by atoms with Gasteiger partial charge in [-0.3, -0.25) is 0 Å². The number of anilines is 1. The van der Waals surface area contributed by atoms with Crippen LogP contribution in [-0.4, -0.2) is 13.1 Å². The van der Waals surface area contributed by atoms with Crippen molar-refractivity contribution in [2.45, 2.75) is 27.7 Å². The van der Waals surface area contributed by atoms with Crippen LogP contribution in [0.5, 0.6) is 0 Å². The minimum atomic E-state index is 0.964. The van der Waals surface area contributed by atoms with Gasteiger partial charge in [0.1, 0.15) is 0 Å². The zero-order valence-corrected chi connectivity index (χ0v) is 14.2. The third kappa shape index (κ3) is 6.27. The van der Waals surface area contributed by atoms with Gasteiger partial charge in [-0.25, -0.2) is 0 Å². The van der Waals surface area contributed by atoms with Crippen LogP contribution in [0.4, 0.5) is 5.69 Å². The molecule has 0 unspecified atom stereocenters. The number of hydrogen-bond donors (Lipinski definition) is 0. The highest BCUT2D eigenvalue weighted by Gasteiger charge is 2.00. The maximum absolute atomic E-state index is 3.35. The average molecular weight is 363 g/mol. The Labute approximate surface area is 122 Å². The Morgan fingerprint density at radius 2 is 1.53 bits per heavy atom. The quantitative estimate of drug-likeness (QED) is 0.669. The van der Waals surface area contributed by atoms with E-state index >= 15 is 0 Å². The number of benzene rings is 1. The van der Waals surface area contributed by atoms with Gasteiger partial charge in [0.2, 0.25) is 0 Å². The molecule has 1 rings (SSSR count). The molecule has 0 spiro atoms. The van der Waals surface area contributed by atoms with Crippen LogP contribution in [-0.2, 0) is 0 Å². The Hall–Kier alpha value is -0.280. The van der Waals surface area contributed by atoms with Crippen molar-refractivity contribution >= 4 is 43.6 Å². The molecule has 1 nitrogen and oxygen atoms in total. The van der Waals surface area contributed by atoms with Gasteiger partial charge in [-0.2, -0.15) is 0 Å². The summed E-state index contributed by atoms with van der Waals surface area (Å²) in [6, 6.07) is 8.55. The molecule has 0 aromatic heterocycles. The monoisotopic (exact) mass is 361 g/mol. The Morgan fingerprint density at radius 3 is 1.88 bits per heavy atom. The molecule has 1 aromatic rings. The van der Waals surface area contributed by atoms with Gasteiger partial charge in [0, 0.05) is 18.8 Å². The number of rotatable bonds is 4. The van der Waals surface area contributed by atoms with Crippen molar-refractivity contribution in [1.82, 2.24) is 0 Å². The molecule has 0 amide bonds. The number of halogens is 2. The van der Waals surface area contributed by atoms with E-state index in [2.05, 4.69) is 74.9 Å². The standard InChI is InChI=1S/C12H15Br2N.C2H6/c1-3-15(4-2)11-7-5-10(6-8-11)9-12(13)14;1-2/h5-9H,3-4H2,1-2H3;1-2H3. The first-order chi connectivity index (χ1) is 8.17. The molecule has 0 atom stereocenters. The van der Waals surface area contributed by atoms with E-state index in [1.807, 2.05) is 19.9 Å². The van der Waals surface area contributed by atoms with E-state index in [-0.39, 0.29) is 0 Å². The molecule has 0 heterocycles. The third-order valence-electron chi connectivity index (χ3n) is 2.30. The molecular weight excluding hydrogens is 342 g/mol. The van der Waals surface area contributed by atoms with Crippen molar-refractivity contribution in [1.29, 1.82) is 0 Å². The van der Waals surface area contributed by atoms with Gasteiger partial charge in [-0.1, -0.05) is 26.0 Å². The van der Waals surface area contributed by atoms with Crippen molar-refractivity contribution in [3.63, 3.8) is 0 Å². The van der Waals surface area contributed by atoms with Crippen LogP contribution in [0.15, 0.2) is 27.7 Å². The highest BCUT2D eigenvalue weighted by atomic mass is 79.9. The van der Waals surface area contributed by atoms with E-state index in [1.165, 1.54) is 11.3 Å². The van der Waals surface area contributed by atoms with Gasteiger partial charge in [0.15, 0.2) is 0 Å². The van der Waals surface area contributed by atoms with E-state index in [0.29, 0.717) is 0 Å². The summed E-state index contributed by atoms with van der Waals surface area (Å²) < 4.78 is 0.964. The Morgan fingerprint density at radius 1 is 1.06 bits per heavy atom. The molecule has 0 saturated carbocycles. The van der Waals surface area contributed by atoms with Crippen molar-refractivity contribution in [3.05, 3.63) is 33.2 Å². The number of hydrogen-bond acceptors (Lipinski definition) is 1. The van der Waals surface area contributed by atoms with Crippen LogP contribution in [0.1, 0.15) is 33.3 Å². The normalized spacial score (nSPS) is 9.06. The zero-order chi connectivity index (χ0) is 13.3. The number of nitrogens with zero attached hydrogens (tertiary/aromatic N) is 1. The molecular formula is C14H21Br2N. The van der Waals surface area contributed by atoms with Crippen molar-refractivity contribution in [2.75, 3.05) is 18.0 Å². The Bertz CT molecular complexity index is 323. The smallest absolute Gasteiger partial charge is 0.0610 e. The van der Waals surface area contributed by atoms with Crippen LogP contribution >= 0.6 is 31.9 Å². The van der Waals surface area contributed by atoms with Gasteiger partial charge < -0.3 is 4.90 Å². The molecule has 0 aliphatic rings. The molecule has 3 heteroatoms. The van der Waals surface area contributed by atoms with Crippen molar-refractivity contribution < 1.29 is 0 Å². The predicted molar refractivity (Wildman–Crippen MR) is 87.2 cm³/mol. The molecule has 0 aliphatic heterocycles. The van der Waals surface area contributed by atoms with Crippen LogP contribution < -0.4 is 4.90 Å². The second-order valence-corrected chi connectivity index (χ2v) is 5.97. The lowest BCUT2D eigenvalue weighted by Crippen LogP contribution is -2.21. The molecule has 0 saturated heterocycles. The topological polar surface area (TPSA) is 3.24 Å². The lowest BCUT2D eigenvalue weighted by atomic mass is 10.2. The van der Waals surface area contributed by atoms with Gasteiger partial charge in [-0.05, 0) is 69.5 Å². The predicted octanol–water partition coefficient (Wildman–Crippen LogP) is 5.65. The molecule has 96 valence electrons. The zero-order valence-electron chi connectivity index (χ0n) is 11.0. The minimum absolute atomic E-state index is 0.964. The molecule has 0 bridgehead atoms. The maximum atomic E-state index is 3.35. The lowest BCUT2D eigenvalue weighted by molar-refractivity contribution is 0.866. The molecule has 0 aliphatic carbocycles. The third-order valence-corrected chi connectivity index (χ3v) is 2.76. The summed E-state index contributed by atoms with van der Waals surface area (Å²) in [5.41, 5.74) is 2.47. The fraction of sp³-hybridized carbons (Fsp3) is 0.429. The first-order valence-corrected chi connectivity index (χ1v) is 7.63. The SMILES string of the molecule is CC.CCN(CC)c1ccc(C=C(Br)Br)cc1. The lowest BCUT2D eigenvalue weighted by Gasteiger charge is -2.20. The van der Waals surface area contributed by atoms with Crippen LogP contribution in [0.2, 0.25) is 0 Å². The van der Waals surface area contributed by atoms with Crippen LogP contribution in [0.25, 0.3) is 6.08 Å². The first kappa shape index (κ1) is 16.7. The fourth-order valence-electron chi connectivity index (χ4n) is 1.50. The van der Waals surface area contributed by atoms with E-state index < -0.39 is 0 Å². The summed E-state index contributed by atoms with van der Waals surface area (Å²) in [7, 11) is 0. The summed E-state index contributed by atoms with van der Waals surface area (Å²) in [5.74, 6) is 0. The largest absolute Gasteiger partial charge is 0.372 e. The van der Waals surface area contributed by atoms with Crippen LogP contribution in [0, 0.1) is 0 Å². The molecule has 0 fully saturated rings. The van der Waals surface area contributed by atoms with E-state index in [4.69, 9.17) is 0 Å². The van der Waals surface area contributed by atoms with Gasteiger partial charge in [0.05, 0.1) is 3.39 Å². The average Bonchev–Trinajstić information content (AvgIpc) is 2.35. The Kier molecular flexibility index (Phi) is 9.56. The summed E-state index contributed by atoms with van der Waals surface area (Å²) in [6.45, 7) is 10.4. The van der Waals surface area contributed by atoms with Gasteiger partial charge >= 0.3 is 0 Å². The van der Waals surface area contributed by atoms with Crippen molar-refractivity contribution in [2.24, 2.45) is 0 Å². The molecule has 0 N–H and O–H groups in total. The van der Waals surface area contributed by atoms with Crippen molar-refractivity contribution in [3.8, 4) is 0 Å². The summed E-state index contributed by atoms with van der Waals surface area (Å²) >= 11 is 6.71. The molecule has 0 radical (unpaired) electrons. The summed E-state index contributed by atoms with van der Waals surface area (Å²) in [5, 5.41) is 0. The maximum Gasteiger partial charge on any atom is 0.0610 e. The fourth-order valence-corrected chi connectivity index (χ4v) is 2.02. The van der Waals surface area contributed by atoms with Gasteiger partial charge in [0.25, 0.3) is 0 Å². The Balaban J connectivity index is 0.00000121. The highest BCUT2D eigenvalue weighted by molar-refractivity contribution is 9.28. The molecule has 17 heavy (non-hydrogen) atoms. The summed E-state index contributed by atoms with van der Waals surface area (Å²) in [6.07, 6.45) is 2.03. The van der Waals surface area contributed by atoms with E-state index in [0.717, 1.165) is 16.5 Å².